The van der Waals surface area contributed by atoms with Crippen LogP contribution in [0.4, 0.5) is 4.39 Å². The fraction of sp³-hybridized carbons (Fsp3) is 0.600. The molecule has 2 bridgehead atoms. The summed E-state index contributed by atoms with van der Waals surface area (Å²) in [6.07, 6.45) is 6.41. The average Bonchev–Trinajstić information content (AvgIpc) is 2.94. The Morgan fingerprint density at radius 1 is 1.33 bits per heavy atom. The highest BCUT2D eigenvalue weighted by Crippen LogP contribution is 2.50. The standard InChI is InChI=1S/C15H19BrFN/c16-13-3-1-2-12(15(13)17)14(18)8-11-7-9-4-5-10(11)6-9/h1-3,9-11,14H,4-8,18H2. The fourth-order valence-electron chi connectivity index (χ4n) is 3.93. The first-order valence-electron chi connectivity index (χ1n) is 6.84. The molecule has 0 saturated heterocycles. The third kappa shape index (κ3) is 2.23. The predicted molar refractivity (Wildman–Crippen MR) is 74.6 cm³/mol. The van der Waals surface area contributed by atoms with E-state index in [1.54, 1.807) is 6.07 Å². The van der Waals surface area contributed by atoms with Crippen molar-refractivity contribution in [1.29, 1.82) is 0 Å². The van der Waals surface area contributed by atoms with E-state index < -0.39 is 0 Å². The minimum atomic E-state index is -0.187. The van der Waals surface area contributed by atoms with Crippen molar-refractivity contribution in [3.05, 3.63) is 34.1 Å². The zero-order chi connectivity index (χ0) is 12.7. The molecule has 2 fully saturated rings. The van der Waals surface area contributed by atoms with Crippen LogP contribution in [0.3, 0.4) is 0 Å². The molecule has 98 valence electrons. The van der Waals surface area contributed by atoms with Gasteiger partial charge < -0.3 is 5.73 Å². The first-order chi connectivity index (χ1) is 8.65. The zero-order valence-electron chi connectivity index (χ0n) is 10.4. The normalized spacial score (nSPS) is 31.8. The van der Waals surface area contributed by atoms with Crippen molar-refractivity contribution in [3.8, 4) is 0 Å². The molecule has 0 aromatic heterocycles. The van der Waals surface area contributed by atoms with Gasteiger partial charge in [0.2, 0.25) is 0 Å². The van der Waals surface area contributed by atoms with E-state index in [-0.39, 0.29) is 11.9 Å². The number of benzene rings is 1. The minimum Gasteiger partial charge on any atom is -0.324 e. The molecule has 2 N–H and O–H groups in total. The van der Waals surface area contributed by atoms with E-state index in [4.69, 9.17) is 5.73 Å². The number of halogens is 2. The molecule has 0 aliphatic heterocycles. The molecule has 18 heavy (non-hydrogen) atoms. The van der Waals surface area contributed by atoms with Crippen molar-refractivity contribution in [2.24, 2.45) is 23.5 Å². The minimum absolute atomic E-state index is 0.160. The highest BCUT2D eigenvalue weighted by Gasteiger charge is 2.40. The summed E-state index contributed by atoms with van der Waals surface area (Å²) in [5, 5.41) is 0. The molecule has 0 radical (unpaired) electrons. The van der Waals surface area contributed by atoms with Gasteiger partial charge in [0.25, 0.3) is 0 Å². The average molecular weight is 312 g/mol. The largest absolute Gasteiger partial charge is 0.324 e. The second-order valence-corrected chi connectivity index (χ2v) is 6.77. The Bertz CT molecular complexity index is 448. The first kappa shape index (κ1) is 12.6. The van der Waals surface area contributed by atoms with Crippen LogP contribution in [0.2, 0.25) is 0 Å². The lowest BCUT2D eigenvalue weighted by Crippen LogP contribution is -2.20. The molecule has 2 aliphatic carbocycles. The van der Waals surface area contributed by atoms with Gasteiger partial charge in [-0.15, -0.1) is 0 Å². The van der Waals surface area contributed by atoms with Crippen molar-refractivity contribution in [1.82, 2.24) is 0 Å². The summed E-state index contributed by atoms with van der Waals surface area (Å²) in [5.41, 5.74) is 6.87. The molecule has 1 aromatic rings. The van der Waals surface area contributed by atoms with Crippen LogP contribution in [0.1, 0.15) is 43.7 Å². The zero-order valence-corrected chi connectivity index (χ0v) is 12.0. The van der Waals surface area contributed by atoms with Crippen LogP contribution >= 0.6 is 15.9 Å². The molecule has 0 heterocycles. The molecule has 4 unspecified atom stereocenters. The summed E-state index contributed by atoms with van der Waals surface area (Å²) in [6, 6.07) is 5.25. The van der Waals surface area contributed by atoms with Gasteiger partial charge >= 0.3 is 0 Å². The molecule has 2 saturated carbocycles. The second kappa shape index (κ2) is 4.93. The van der Waals surface area contributed by atoms with E-state index >= 15 is 0 Å². The van der Waals surface area contributed by atoms with Gasteiger partial charge in [0, 0.05) is 11.6 Å². The summed E-state index contributed by atoms with van der Waals surface area (Å²) in [7, 11) is 0. The number of nitrogens with two attached hydrogens (primary N) is 1. The number of hydrogen-bond acceptors (Lipinski definition) is 1. The van der Waals surface area contributed by atoms with Gasteiger partial charge in [-0.25, -0.2) is 4.39 Å². The van der Waals surface area contributed by atoms with Crippen LogP contribution in [-0.4, -0.2) is 0 Å². The number of fused-ring (bicyclic) bond motifs is 2. The molecule has 0 amide bonds. The highest BCUT2D eigenvalue weighted by molar-refractivity contribution is 9.10. The Hall–Kier alpha value is -0.410. The van der Waals surface area contributed by atoms with Gasteiger partial charge in [-0.2, -0.15) is 0 Å². The van der Waals surface area contributed by atoms with Crippen molar-refractivity contribution < 1.29 is 4.39 Å². The lowest BCUT2D eigenvalue weighted by atomic mass is 9.83. The van der Waals surface area contributed by atoms with E-state index in [0.29, 0.717) is 10.0 Å². The first-order valence-corrected chi connectivity index (χ1v) is 7.64. The van der Waals surface area contributed by atoms with Crippen LogP contribution in [0.25, 0.3) is 0 Å². The van der Waals surface area contributed by atoms with Crippen molar-refractivity contribution in [2.45, 2.75) is 38.1 Å². The summed E-state index contributed by atoms with van der Waals surface area (Å²) < 4.78 is 14.5. The van der Waals surface area contributed by atoms with Crippen LogP contribution in [0, 0.1) is 23.6 Å². The maximum Gasteiger partial charge on any atom is 0.142 e. The summed E-state index contributed by atoms with van der Waals surface area (Å²) in [6.45, 7) is 0. The van der Waals surface area contributed by atoms with E-state index in [1.807, 2.05) is 12.1 Å². The third-order valence-electron chi connectivity index (χ3n) is 4.82. The van der Waals surface area contributed by atoms with Gasteiger partial charge in [-0.1, -0.05) is 18.6 Å². The van der Waals surface area contributed by atoms with Crippen LogP contribution in [0.15, 0.2) is 22.7 Å². The maximum absolute atomic E-state index is 14.0. The van der Waals surface area contributed by atoms with Gasteiger partial charge in [0.1, 0.15) is 5.82 Å². The molecule has 4 atom stereocenters. The van der Waals surface area contributed by atoms with E-state index in [1.165, 1.54) is 25.7 Å². The smallest absolute Gasteiger partial charge is 0.142 e. The highest BCUT2D eigenvalue weighted by atomic mass is 79.9. The van der Waals surface area contributed by atoms with Crippen LogP contribution < -0.4 is 5.73 Å². The summed E-state index contributed by atoms with van der Waals surface area (Å²) in [5.74, 6) is 2.32. The summed E-state index contributed by atoms with van der Waals surface area (Å²) in [4.78, 5) is 0. The van der Waals surface area contributed by atoms with Gasteiger partial charge in [-0.3, -0.25) is 0 Å². The van der Waals surface area contributed by atoms with E-state index in [0.717, 1.165) is 24.2 Å². The Kier molecular flexibility index (Phi) is 3.46. The predicted octanol–water partition coefficient (Wildman–Crippen LogP) is 4.41. The molecule has 1 aromatic carbocycles. The molecule has 3 heteroatoms. The van der Waals surface area contributed by atoms with Gasteiger partial charge in [-0.05, 0) is 65.4 Å². The second-order valence-electron chi connectivity index (χ2n) is 5.92. The molecule has 3 rings (SSSR count). The van der Waals surface area contributed by atoms with E-state index in [9.17, 15) is 4.39 Å². The van der Waals surface area contributed by atoms with Crippen LogP contribution in [0.5, 0.6) is 0 Å². The monoisotopic (exact) mass is 311 g/mol. The van der Waals surface area contributed by atoms with Crippen molar-refractivity contribution >= 4 is 15.9 Å². The quantitative estimate of drug-likeness (QED) is 0.879. The van der Waals surface area contributed by atoms with Crippen molar-refractivity contribution in [3.63, 3.8) is 0 Å². The SMILES string of the molecule is NC(CC1CC2CCC1C2)c1cccc(Br)c1F. The molecule has 2 aliphatic rings. The maximum atomic E-state index is 14.0. The lowest BCUT2D eigenvalue weighted by molar-refractivity contribution is 0.294. The molecule has 0 spiro atoms. The Labute approximate surface area is 116 Å². The lowest BCUT2D eigenvalue weighted by Gasteiger charge is -2.25. The molecular formula is C15H19BrFN. The Morgan fingerprint density at radius 2 is 2.17 bits per heavy atom. The number of rotatable bonds is 3. The summed E-state index contributed by atoms with van der Waals surface area (Å²) >= 11 is 3.23. The van der Waals surface area contributed by atoms with Crippen molar-refractivity contribution in [2.75, 3.05) is 0 Å². The Balaban J connectivity index is 1.71. The fourth-order valence-corrected chi connectivity index (χ4v) is 4.31. The van der Waals surface area contributed by atoms with E-state index in [2.05, 4.69) is 15.9 Å². The number of hydrogen-bond donors (Lipinski definition) is 1. The topological polar surface area (TPSA) is 26.0 Å². The van der Waals surface area contributed by atoms with Gasteiger partial charge in [0.15, 0.2) is 0 Å². The van der Waals surface area contributed by atoms with Gasteiger partial charge in [0.05, 0.1) is 4.47 Å². The third-order valence-corrected chi connectivity index (χ3v) is 5.43. The molecular weight excluding hydrogens is 293 g/mol. The van der Waals surface area contributed by atoms with Crippen LogP contribution in [-0.2, 0) is 0 Å². The Morgan fingerprint density at radius 3 is 2.83 bits per heavy atom. The molecule has 1 nitrogen and oxygen atoms in total.